The molecular formula is C14H13BrN2O5. The lowest BCUT2D eigenvalue weighted by Crippen LogP contribution is -3.00. The molecule has 0 amide bonds. The fraction of sp³-hybridized carbons (Fsp3) is 0.143. The summed E-state index contributed by atoms with van der Waals surface area (Å²) in [6.45, 7) is 0. The fourth-order valence-electron chi connectivity index (χ4n) is 2.00. The first-order valence-electron chi connectivity index (χ1n) is 6.11. The third-order valence-electron chi connectivity index (χ3n) is 3.06. The Bertz CT molecular complexity index is 648. The predicted octanol–water partition coefficient (Wildman–Crippen LogP) is -1.75. The number of aliphatic hydroxyl groups excluding tert-OH is 1. The van der Waals surface area contributed by atoms with Gasteiger partial charge < -0.3 is 27.2 Å². The van der Waals surface area contributed by atoms with Crippen molar-refractivity contribution in [3.05, 3.63) is 70.5 Å². The minimum atomic E-state index is -1.32. The molecule has 0 saturated carbocycles. The van der Waals surface area contributed by atoms with Gasteiger partial charge in [-0.05, 0) is 17.7 Å². The number of aliphatic carboxylic acids is 1. The van der Waals surface area contributed by atoms with E-state index < -0.39 is 23.0 Å². The van der Waals surface area contributed by atoms with Gasteiger partial charge in [0.1, 0.15) is 0 Å². The molecule has 0 aliphatic rings. The largest absolute Gasteiger partial charge is 1.00 e. The van der Waals surface area contributed by atoms with Gasteiger partial charge in [0.25, 0.3) is 11.7 Å². The molecule has 0 aliphatic carbocycles. The summed E-state index contributed by atoms with van der Waals surface area (Å²) >= 11 is 0. The fourth-order valence-corrected chi connectivity index (χ4v) is 2.00. The number of aromatic nitrogens is 1. The molecule has 2 N–H and O–H groups in total. The number of nitrogens with zero attached hydrogens (tertiary/aromatic N) is 2. The van der Waals surface area contributed by atoms with Gasteiger partial charge in [0.05, 0.1) is 4.92 Å². The number of carboxylic acid groups (broad SMARTS) is 1. The average Bonchev–Trinajstić information content (AvgIpc) is 2.48. The molecule has 2 aromatic rings. The van der Waals surface area contributed by atoms with Crippen molar-refractivity contribution in [2.24, 2.45) is 0 Å². The van der Waals surface area contributed by atoms with Crippen LogP contribution in [0.5, 0.6) is 0 Å². The van der Waals surface area contributed by atoms with Gasteiger partial charge in [0.2, 0.25) is 0 Å². The molecular weight excluding hydrogens is 356 g/mol. The second-order valence-electron chi connectivity index (χ2n) is 4.40. The summed E-state index contributed by atoms with van der Waals surface area (Å²) < 4.78 is 1.37. The first-order valence-corrected chi connectivity index (χ1v) is 6.11. The number of benzene rings is 1. The minimum absolute atomic E-state index is 0. The number of carbonyl (C=O) groups is 1. The van der Waals surface area contributed by atoms with Gasteiger partial charge in [-0.3, -0.25) is 10.1 Å². The molecule has 2 rings (SSSR count). The number of pyridine rings is 1. The van der Waals surface area contributed by atoms with Gasteiger partial charge in [-0.1, -0.05) is 6.07 Å². The zero-order valence-electron chi connectivity index (χ0n) is 11.2. The van der Waals surface area contributed by atoms with Crippen LogP contribution in [0.25, 0.3) is 0 Å². The summed E-state index contributed by atoms with van der Waals surface area (Å²) in [5.41, 5.74) is 0.176. The Morgan fingerprint density at radius 3 is 2.14 bits per heavy atom. The van der Waals surface area contributed by atoms with Crippen LogP contribution >= 0.6 is 0 Å². The Morgan fingerprint density at radius 1 is 1.14 bits per heavy atom. The van der Waals surface area contributed by atoms with E-state index in [4.69, 9.17) is 0 Å². The molecule has 2 unspecified atom stereocenters. The van der Waals surface area contributed by atoms with E-state index in [9.17, 15) is 25.1 Å². The van der Waals surface area contributed by atoms with E-state index in [2.05, 4.69) is 0 Å². The summed E-state index contributed by atoms with van der Waals surface area (Å²) in [6, 6.07) is 8.97. The van der Waals surface area contributed by atoms with E-state index in [1.165, 1.54) is 41.2 Å². The molecule has 1 aromatic carbocycles. The lowest BCUT2D eigenvalue weighted by atomic mass is 10.0. The number of non-ortho nitro benzene ring substituents is 1. The van der Waals surface area contributed by atoms with Crippen molar-refractivity contribution in [3.63, 3.8) is 0 Å². The van der Waals surface area contributed by atoms with Crippen LogP contribution in [0.2, 0.25) is 0 Å². The molecule has 0 bridgehead atoms. The van der Waals surface area contributed by atoms with Crippen molar-refractivity contribution >= 4 is 11.7 Å². The lowest BCUT2D eigenvalue weighted by molar-refractivity contribution is -0.719. The van der Waals surface area contributed by atoms with Crippen molar-refractivity contribution < 1.29 is 41.5 Å². The van der Waals surface area contributed by atoms with Crippen LogP contribution in [-0.4, -0.2) is 21.1 Å². The minimum Gasteiger partial charge on any atom is -1.00 e. The molecule has 0 fully saturated rings. The molecule has 22 heavy (non-hydrogen) atoms. The summed E-state index contributed by atoms with van der Waals surface area (Å²) in [7, 11) is 0. The monoisotopic (exact) mass is 368 g/mol. The molecule has 0 saturated heterocycles. The number of carboxylic acids is 1. The quantitative estimate of drug-likeness (QED) is 0.369. The highest BCUT2D eigenvalue weighted by Gasteiger charge is 2.36. The predicted molar refractivity (Wildman–Crippen MR) is 71.4 cm³/mol. The SMILES string of the molecule is O=C(O)C(C(O)c1ccc([N+](=O)[O-])cc1)[n+]1ccccc1.[Br-]. The van der Waals surface area contributed by atoms with E-state index in [-0.39, 0.29) is 22.7 Å². The van der Waals surface area contributed by atoms with Crippen LogP contribution in [0.1, 0.15) is 17.7 Å². The van der Waals surface area contributed by atoms with Gasteiger partial charge in [-0.2, -0.15) is 4.57 Å². The van der Waals surface area contributed by atoms with Crippen LogP contribution in [0.3, 0.4) is 0 Å². The standard InChI is InChI=1S/C14H12N2O5.BrH/c17-13(10-4-6-11(7-5-10)16(20)21)12(14(18)19)15-8-2-1-3-9-15;/h1-9,12-13,17H;1H. The lowest BCUT2D eigenvalue weighted by Gasteiger charge is -2.15. The highest BCUT2D eigenvalue weighted by Crippen LogP contribution is 2.24. The third-order valence-corrected chi connectivity index (χ3v) is 3.06. The summed E-state index contributed by atoms with van der Waals surface area (Å²) in [5, 5.41) is 30.2. The first kappa shape index (κ1) is 17.7. The summed E-state index contributed by atoms with van der Waals surface area (Å²) in [4.78, 5) is 21.4. The van der Waals surface area contributed by atoms with Gasteiger partial charge in [0, 0.05) is 24.3 Å². The van der Waals surface area contributed by atoms with E-state index in [0.717, 1.165) is 0 Å². The van der Waals surface area contributed by atoms with E-state index in [1.807, 2.05) is 0 Å². The van der Waals surface area contributed by atoms with Crippen molar-refractivity contribution in [2.45, 2.75) is 12.1 Å². The van der Waals surface area contributed by atoms with Crippen LogP contribution in [0.15, 0.2) is 54.9 Å². The maximum Gasteiger partial charge on any atom is 0.376 e. The van der Waals surface area contributed by atoms with E-state index in [1.54, 1.807) is 18.2 Å². The molecule has 0 aliphatic heterocycles. The number of hydrogen-bond donors (Lipinski definition) is 2. The molecule has 116 valence electrons. The topological polar surface area (TPSA) is 105 Å². The van der Waals surface area contributed by atoms with Crippen LogP contribution in [0, 0.1) is 10.1 Å². The molecule has 7 nitrogen and oxygen atoms in total. The zero-order valence-corrected chi connectivity index (χ0v) is 12.8. The highest BCUT2D eigenvalue weighted by molar-refractivity contribution is 5.71. The summed E-state index contributed by atoms with van der Waals surface area (Å²) in [5.74, 6) is -1.20. The van der Waals surface area contributed by atoms with Gasteiger partial charge in [0.15, 0.2) is 18.5 Å². The number of nitro benzene ring substituents is 1. The molecule has 0 spiro atoms. The normalized spacial score (nSPS) is 12.8. The van der Waals surface area contributed by atoms with Gasteiger partial charge >= 0.3 is 5.97 Å². The van der Waals surface area contributed by atoms with Crippen molar-refractivity contribution in [3.8, 4) is 0 Å². The maximum absolute atomic E-state index is 11.4. The molecule has 1 aromatic heterocycles. The number of nitro groups is 1. The Balaban J connectivity index is 0.00000242. The first-order chi connectivity index (χ1) is 10.0. The average molecular weight is 369 g/mol. The van der Waals surface area contributed by atoms with E-state index in [0.29, 0.717) is 5.56 Å². The second-order valence-corrected chi connectivity index (χ2v) is 4.40. The van der Waals surface area contributed by atoms with Crippen molar-refractivity contribution in [1.29, 1.82) is 0 Å². The number of halogens is 1. The smallest absolute Gasteiger partial charge is 0.376 e. The van der Waals surface area contributed by atoms with Crippen LogP contribution in [-0.2, 0) is 4.79 Å². The van der Waals surface area contributed by atoms with Gasteiger partial charge in [-0.15, -0.1) is 0 Å². The zero-order chi connectivity index (χ0) is 15.4. The molecule has 8 heteroatoms. The summed E-state index contributed by atoms with van der Waals surface area (Å²) in [6.07, 6.45) is 1.75. The molecule has 0 radical (unpaired) electrons. The van der Waals surface area contributed by atoms with E-state index >= 15 is 0 Å². The second kappa shape index (κ2) is 7.62. The maximum atomic E-state index is 11.4. The Hall–Kier alpha value is -2.32. The molecule has 1 heterocycles. The third kappa shape index (κ3) is 3.86. The Morgan fingerprint density at radius 2 is 1.68 bits per heavy atom. The number of aliphatic hydroxyl groups is 1. The number of hydrogen-bond acceptors (Lipinski definition) is 4. The number of rotatable bonds is 5. The molecule has 2 atom stereocenters. The van der Waals surface area contributed by atoms with Crippen molar-refractivity contribution in [2.75, 3.05) is 0 Å². The van der Waals surface area contributed by atoms with Crippen LogP contribution in [0.4, 0.5) is 5.69 Å². The van der Waals surface area contributed by atoms with Gasteiger partial charge in [-0.25, -0.2) is 4.79 Å². The van der Waals surface area contributed by atoms with Crippen LogP contribution < -0.4 is 21.5 Å². The Kier molecular flexibility index (Phi) is 6.14. The Labute approximate surface area is 136 Å². The highest BCUT2D eigenvalue weighted by atomic mass is 79.9. The van der Waals surface area contributed by atoms with Crippen molar-refractivity contribution in [1.82, 2.24) is 0 Å².